The van der Waals surface area contributed by atoms with Crippen molar-refractivity contribution in [1.29, 1.82) is 0 Å². The maximum absolute atomic E-state index is 5.57. The highest BCUT2D eigenvalue weighted by molar-refractivity contribution is 6.18. The lowest BCUT2D eigenvalue weighted by atomic mass is 10.1. The molecule has 0 aliphatic heterocycles. The van der Waals surface area contributed by atoms with Gasteiger partial charge in [0.15, 0.2) is 0 Å². The predicted octanol–water partition coefficient (Wildman–Crippen LogP) is 3.98. The van der Waals surface area contributed by atoms with E-state index in [1.807, 2.05) is 48.5 Å². The van der Waals surface area contributed by atoms with E-state index >= 15 is 0 Å². The SMILES string of the molecule is COc1ccc(-c2ccc(OCCCl)cc2)cc1. The van der Waals surface area contributed by atoms with Gasteiger partial charge in [-0.2, -0.15) is 0 Å². The van der Waals surface area contributed by atoms with Gasteiger partial charge in [0.05, 0.1) is 13.0 Å². The summed E-state index contributed by atoms with van der Waals surface area (Å²) in [7, 11) is 1.66. The second-order valence-electron chi connectivity index (χ2n) is 3.79. The number of hydrogen-bond donors (Lipinski definition) is 0. The molecular weight excluding hydrogens is 248 g/mol. The molecule has 0 unspecified atom stereocenters. The summed E-state index contributed by atoms with van der Waals surface area (Å²) in [6, 6.07) is 15.9. The third-order valence-electron chi connectivity index (χ3n) is 2.62. The molecule has 0 fully saturated rings. The lowest BCUT2D eigenvalue weighted by Gasteiger charge is -2.06. The van der Waals surface area contributed by atoms with Crippen LogP contribution in [0.25, 0.3) is 11.1 Å². The van der Waals surface area contributed by atoms with Crippen molar-refractivity contribution in [1.82, 2.24) is 0 Å². The first-order valence-corrected chi connectivity index (χ1v) is 6.30. The molecule has 0 heterocycles. The smallest absolute Gasteiger partial charge is 0.119 e. The third-order valence-corrected chi connectivity index (χ3v) is 2.78. The lowest BCUT2D eigenvalue weighted by molar-refractivity contribution is 0.343. The van der Waals surface area contributed by atoms with E-state index in [4.69, 9.17) is 21.1 Å². The molecule has 2 nitrogen and oxygen atoms in total. The topological polar surface area (TPSA) is 18.5 Å². The van der Waals surface area contributed by atoms with Crippen LogP contribution >= 0.6 is 11.6 Å². The Bertz CT molecular complexity index is 477. The van der Waals surface area contributed by atoms with E-state index in [0.717, 1.165) is 22.6 Å². The van der Waals surface area contributed by atoms with Gasteiger partial charge in [-0.05, 0) is 35.4 Å². The van der Waals surface area contributed by atoms with Gasteiger partial charge in [-0.1, -0.05) is 24.3 Å². The first-order chi connectivity index (χ1) is 8.83. The van der Waals surface area contributed by atoms with E-state index < -0.39 is 0 Å². The molecule has 3 heteroatoms. The molecule has 0 aliphatic carbocycles. The molecule has 18 heavy (non-hydrogen) atoms. The van der Waals surface area contributed by atoms with Crippen LogP contribution in [-0.2, 0) is 0 Å². The Morgan fingerprint density at radius 2 is 1.33 bits per heavy atom. The molecule has 0 radical (unpaired) electrons. The molecule has 0 bridgehead atoms. The van der Waals surface area contributed by atoms with E-state index in [9.17, 15) is 0 Å². The first-order valence-electron chi connectivity index (χ1n) is 5.77. The Hall–Kier alpha value is -1.67. The summed E-state index contributed by atoms with van der Waals surface area (Å²) >= 11 is 5.57. The van der Waals surface area contributed by atoms with Crippen LogP contribution in [0.2, 0.25) is 0 Å². The predicted molar refractivity (Wildman–Crippen MR) is 74.6 cm³/mol. The molecule has 94 valence electrons. The van der Waals surface area contributed by atoms with E-state index in [1.165, 1.54) is 0 Å². The minimum absolute atomic E-state index is 0.500. The van der Waals surface area contributed by atoms with Gasteiger partial charge in [0, 0.05) is 0 Å². The zero-order valence-corrected chi connectivity index (χ0v) is 11.0. The minimum Gasteiger partial charge on any atom is -0.497 e. The fraction of sp³-hybridized carbons (Fsp3) is 0.200. The van der Waals surface area contributed by atoms with Crippen LogP contribution in [0.5, 0.6) is 11.5 Å². The fourth-order valence-corrected chi connectivity index (χ4v) is 1.76. The minimum atomic E-state index is 0.500. The summed E-state index contributed by atoms with van der Waals surface area (Å²) in [5.74, 6) is 2.20. The Morgan fingerprint density at radius 3 is 1.78 bits per heavy atom. The standard InChI is InChI=1S/C15H15ClO2/c1-17-14-6-2-12(3-7-14)13-4-8-15(9-5-13)18-11-10-16/h2-9H,10-11H2,1H3. The van der Waals surface area contributed by atoms with Crippen LogP contribution in [-0.4, -0.2) is 19.6 Å². The van der Waals surface area contributed by atoms with E-state index in [1.54, 1.807) is 7.11 Å². The van der Waals surface area contributed by atoms with Crippen molar-refractivity contribution in [2.45, 2.75) is 0 Å². The van der Waals surface area contributed by atoms with Gasteiger partial charge in [-0.15, -0.1) is 11.6 Å². The summed E-state index contributed by atoms with van der Waals surface area (Å²) in [6.07, 6.45) is 0. The number of alkyl halides is 1. The van der Waals surface area contributed by atoms with Crippen molar-refractivity contribution < 1.29 is 9.47 Å². The van der Waals surface area contributed by atoms with E-state index in [-0.39, 0.29) is 0 Å². The number of ether oxygens (including phenoxy) is 2. The Kier molecular flexibility index (Phi) is 4.48. The largest absolute Gasteiger partial charge is 0.497 e. The van der Waals surface area contributed by atoms with Gasteiger partial charge in [0.2, 0.25) is 0 Å². The Labute approximate surface area is 112 Å². The molecule has 0 spiro atoms. The quantitative estimate of drug-likeness (QED) is 0.759. The summed E-state index contributed by atoms with van der Waals surface area (Å²) in [5.41, 5.74) is 2.30. The second-order valence-corrected chi connectivity index (χ2v) is 4.17. The lowest BCUT2D eigenvalue weighted by Crippen LogP contribution is -1.97. The molecule has 0 amide bonds. The van der Waals surface area contributed by atoms with E-state index in [2.05, 4.69) is 0 Å². The second kappa shape index (κ2) is 6.31. The van der Waals surface area contributed by atoms with Gasteiger partial charge < -0.3 is 9.47 Å². The highest BCUT2D eigenvalue weighted by Crippen LogP contribution is 2.24. The first kappa shape index (κ1) is 12.8. The van der Waals surface area contributed by atoms with Crippen LogP contribution < -0.4 is 9.47 Å². The molecule has 0 aromatic heterocycles. The average molecular weight is 263 g/mol. The number of hydrogen-bond acceptors (Lipinski definition) is 2. The van der Waals surface area contributed by atoms with Crippen LogP contribution in [0, 0.1) is 0 Å². The number of methoxy groups -OCH3 is 1. The molecule has 0 saturated heterocycles. The van der Waals surface area contributed by atoms with Gasteiger partial charge >= 0.3 is 0 Å². The number of benzene rings is 2. The third kappa shape index (κ3) is 3.17. The van der Waals surface area contributed by atoms with Gasteiger partial charge in [-0.25, -0.2) is 0 Å². The summed E-state index contributed by atoms with van der Waals surface area (Å²) in [4.78, 5) is 0. The van der Waals surface area contributed by atoms with E-state index in [0.29, 0.717) is 12.5 Å². The summed E-state index contributed by atoms with van der Waals surface area (Å²) < 4.78 is 10.6. The molecule has 0 saturated carbocycles. The van der Waals surface area contributed by atoms with Gasteiger partial charge in [0.1, 0.15) is 18.1 Å². The Morgan fingerprint density at radius 1 is 0.833 bits per heavy atom. The van der Waals surface area contributed by atoms with Crippen molar-refractivity contribution in [2.75, 3.05) is 19.6 Å². The van der Waals surface area contributed by atoms with Crippen LogP contribution in [0.4, 0.5) is 0 Å². The summed E-state index contributed by atoms with van der Waals surface area (Å²) in [5, 5.41) is 0. The molecule has 2 rings (SSSR count). The van der Waals surface area contributed by atoms with Crippen molar-refractivity contribution in [3.8, 4) is 22.6 Å². The molecule has 0 aliphatic rings. The molecule has 0 atom stereocenters. The van der Waals surface area contributed by atoms with Crippen molar-refractivity contribution in [3.05, 3.63) is 48.5 Å². The maximum Gasteiger partial charge on any atom is 0.119 e. The molecule has 2 aromatic rings. The normalized spacial score (nSPS) is 10.1. The zero-order chi connectivity index (χ0) is 12.8. The fourth-order valence-electron chi connectivity index (χ4n) is 1.68. The highest BCUT2D eigenvalue weighted by atomic mass is 35.5. The maximum atomic E-state index is 5.57. The average Bonchev–Trinajstić information content (AvgIpc) is 2.46. The van der Waals surface area contributed by atoms with Crippen molar-refractivity contribution in [2.24, 2.45) is 0 Å². The van der Waals surface area contributed by atoms with Crippen LogP contribution in [0.15, 0.2) is 48.5 Å². The van der Waals surface area contributed by atoms with Crippen LogP contribution in [0.3, 0.4) is 0 Å². The van der Waals surface area contributed by atoms with Gasteiger partial charge in [0.25, 0.3) is 0 Å². The van der Waals surface area contributed by atoms with Crippen molar-refractivity contribution >= 4 is 11.6 Å². The van der Waals surface area contributed by atoms with Crippen LogP contribution in [0.1, 0.15) is 0 Å². The van der Waals surface area contributed by atoms with Crippen molar-refractivity contribution in [3.63, 3.8) is 0 Å². The molecule has 2 aromatic carbocycles. The Balaban J connectivity index is 2.12. The number of rotatable bonds is 5. The zero-order valence-electron chi connectivity index (χ0n) is 10.2. The molecule has 0 N–H and O–H groups in total. The summed E-state index contributed by atoms with van der Waals surface area (Å²) in [6.45, 7) is 0.531. The van der Waals surface area contributed by atoms with Gasteiger partial charge in [-0.3, -0.25) is 0 Å². The number of halogens is 1. The monoisotopic (exact) mass is 262 g/mol. The molecular formula is C15H15ClO2. The highest BCUT2D eigenvalue weighted by Gasteiger charge is 1.99.